The number of aryl methyl sites for hydroxylation is 1. The fourth-order valence-electron chi connectivity index (χ4n) is 2.23. The highest BCUT2D eigenvalue weighted by atomic mass is 32.2. The number of nitrogens with one attached hydrogen (secondary N) is 1. The summed E-state index contributed by atoms with van der Waals surface area (Å²) in [5.74, 6) is 0. The van der Waals surface area contributed by atoms with Crippen LogP contribution < -0.4 is 9.62 Å². The summed E-state index contributed by atoms with van der Waals surface area (Å²) in [6.45, 7) is 0.999. The predicted molar refractivity (Wildman–Crippen MR) is 72.7 cm³/mol. The fraction of sp³-hybridized carbons (Fsp3) is 0.250. The lowest BCUT2D eigenvalue weighted by molar-refractivity contribution is 0.572. The van der Waals surface area contributed by atoms with Gasteiger partial charge in [0.05, 0.1) is 24.1 Å². The Kier molecular flexibility index (Phi) is 2.70. The van der Waals surface area contributed by atoms with Gasteiger partial charge in [-0.1, -0.05) is 12.1 Å². The van der Waals surface area contributed by atoms with Crippen LogP contribution in [0.1, 0.15) is 0 Å². The highest BCUT2D eigenvalue weighted by Crippen LogP contribution is 2.32. The lowest BCUT2D eigenvalue weighted by Crippen LogP contribution is -2.39. The number of nitrogens with zero attached hydrogens (tertiary/aromatic N) is 3. The van der Waals surface area contributed by atoms with Crippen LogP contribution in [0.3, 0.4) is 0 Å². The molecule has 1 aromatic carbocycles. The zero-order valence-corrected chi connectivity index (χ0v) is 11.3. The molecule has 0 amide bonds. The molecule has 0 radical (unpaired) electrons. The first kappa shape index (κ1) is 12.0. The molecule has 0 saturated heterocycles. The summed E-state index contributed by atoms with van der Waals surface area (Å²) in [5.41, 5.74) is 1.51. The molecule has 3 rings (SSSR count). The van der Waals surface area contributed by atoms with E-state index in [2.05, 4.69) is 10.4 Å². The number of hydrogen-bond donors (Lipinski definition) is 1. The van der Waals surface area contributed by atoms with Crippen LogP contribution in [0.5, 0.6) is 0 Å². The largest absolute Gasteiger partial charge is 0.382 e. The summed E-state index contributed by atoms with van der Waals surface area (Å²) < 4.78 is 28.1. The number of benzene rings is 1. The van der Waals surface area contributed by atoms with E-state index < -0.39 is 10.0 Å². The second kappa shape index (κ2) is 4.27. The minimum atomic E-state index is -3.57. The summed E-state index contributed by atoms with van der Waals surface area (Å²) in [4.78, 5) is 0. The molecular formula is C12H14N4O2S. The van der Waals surface area contributed by atoms with Gasteiger partial charge >= 0.3 is 0 Å². The summed E-state index contributed by atoms with van der Waals surface area (Å²) in [5, 5.41) is 7.32. The molecule has 0 saturated carbocycles. The van der Waals surface area contributed by atoms with Gasteiger partial charge in [0.2, 0.25) is 0 Å². The lowest BCUT2D eigenvalue weighted by Gasteiger charge is -2.30. The van der Waals surface area contributed by atoms with Crippen LogP contribution in [0.15, 0.2) is 41.6 Å². The van der Waals surface area contributed by atoms with Crippen molar-refractivity contribution >= 4 is 21.4 Å². The quantitative estimate of drug-likeness (QED) is 0.891. The van der Waals surface area contributed by atoms with Crippen LogP contribution in [0.4, 0.5) is 11.4 Å². The number of rotatable bonds is 2. The normalized spacial score (nSPS) is 14.9. The van der Waals surface area contributed by atoms with E-state index in [4.69, 9.17) is 0 Å². The van der Waals surface area contributed by atoms with E-state index in [1.807, 2.05) is 18.2 Å². The summed E-state index contributed by atoms with van der Waals surface area (Å²) in [7, 11) is -1.94. The zero-order chi connectivity index (χ0) is 13.5. The molecule has 7 heteroatoms. The first-order chi connectivity index (χ1) is 9.10. The molecule has 0 unspecified atom stereocenters. The molecule has 1 aromatic heterocycles. The summed E-state index contributed by atoms with van der Waals surface area (Å²) in [6, 6.07) is 8.90. The number of aromatic nitrogens is 2. The van der Waals surface area contributed by atoms with Crippen molar-refractivity contribution in [2.45, 2.75) is 5.03 Å². The molecule has 0 bridgehead atoms. The van der Waals surface area contributed by atoms with Crippen LogP contribution in [-0.4, -0.2) is 31.3 Å². The highest BCUT2D eigenvalue weighted by molar-refractivity contribution is 7.92. The summed E-state index contributed by atoms with van der Waals surface area (Å²) in [6.07, 6.45) is 1.49. The molecule has 0 aliphatic carbocycles. The number of fused-ring (bicyclic) bond motifs is 1. The maximum absolute atomic E-state index is 12.7. The minimum absolute atomic E-state index is 0.198. The average molecular weight is 278 g/mol. The van der Waals surface area contributed by atoms with Gasteiger partial charge in [0.25, 0.3) is 10.0 Å². The third kappa shape index (κ3) is 1.86. The van der Waals surface area contributed by atoms with E-state index in [1.54, 1.807) is 13.1 Å². The highest BCUT2D eigenvalue weighted by Gasteiger charge is 2.30. The van der Waals surface area contributed by atoms with Gasteiger partial charge in [-0.3, -0.25) is 8.99 Å². The van der Waals surface area contributed by atoms with Crippen molar-refractivity contribution in [3.8, 4) is 0 Å². The van der Waals surface area contributed by atoms with Crippen molar-refractivity contribution in [2.75, 3.05) is 22.7 Å². The second-order valence-corrected chi connectivity index (χ2v) is 6.12. The number of anilines is 2. The Balaban J connectivity index is 2.12. The lowest BCUT2D eigenvalue weighted by atomic mass is 10.2. The van der Waals surface area contributed by atoms with Gasteiger partial charge in [0.15, 0.2) is 5.03 Å². The van der Waals surface area contributed by atoms with Crippen molar-refractivity contribution in [3.63, 3.8) is 0 Å². The molecule has 1 N–H and O–H groups in total. The molecule has 2 aromatic rings. The minimum Gasteiger partial charge on any atom is -0.382 e. The molecule has 6 nitrogen and oxygen atoms in total. The molecule has 0 atom stereocenters. The van der Waals surface area contributed by atoms with Gasteiger partial charge < -0.3 is 5.32 Å². The second-order valence-electron chi connectivity index (χ2n) is 4.31. The van der Waals surface area contributed by atoms with Crippen molar-refractivity contribution < 1.29 is 8.42 Å². The monoisotopic (exact) mass is 278 g/mol. The predicted octanol–water partition coefficient (Wildman–Crippen LogP) is 1.04. The van der Waals surface area contributed by atoms with Crippen LogP contribution in [0.25, 0.3) is 0 Å². The van der Waals surface area contributed by atoms with Crippen molar-refractivity contribution in [1.29, 1.82) is 0 Å². The maximum Gasteiger partial charge on any atom is 0.281 e. The molecule has 1 aliphatic rings. The molecule has 1 aliphatic heterocycles. The Morgan fingerprint density at radius 2 is 2.05 bits per heavy atom. The molecular weight excluding hydrogens is 264 g/mol. The SMILES string of the molecule is Cn1nccc1S(=O)(=O)N1CCNc2ccccc21. The Morgan fingerprint density at radius 1 is 1.26 bits per heavy atom. The Morgan fingerprint density at radius 3 is 2.79 bits per heavy atom. The number of hydrogen-bond acceptors (Lipinski definition) is 4. The van der Waals surface area contributed by atoms with Crippen LogP contribution in [0, 0.1) is 0 Å². The Labute approximate surface area is 111 Å². The number of para-hydroxylation sites is 2. The number of sulfonamides is 1. The standard InChI is InChI=1S/C12H14N4O2S/c1-15-12(6-7-14-15)19(17,18)16-9-8-13-10-4-2-3-5-11(10)16/h2-7,13H,8-9H2,1H3. The van der Waals surface area contributed by atoms with Gasteiger partial charge in [0.1, 0.15) is 0 Å². The van der Waals surface area contributed by atoms with Crippen molar-refractivity contribution in [2.24, 2.45) is 7.05 Å². The van der Waals surface area contributed by atoms with E-state index >= 15 is 0 Å². The van der Waals surface area contributed by atoms with Gasteiger partial charge in [-0.05, 0) is 18.2 Å². The first-order valence-electron chi connectivity index (χ1n) is 5.94. The van der Waals surface area contributed by atoms with E-state index in [1.165, 1.54) is 21.3 Å². The molecule has 19 heavy (non-hydrogen) atoms. The van der Waals surface area contributed by atoms with E-state index in [9.17, 15) is 8.42 Å². The molecule has 2 heterocycles. The van der Waals surface area contributed by atoms with Gasteiger partial charge in [0, 0.05) is 13.6 Å². The van der Waals surface area contributed by atoms with E-state index in [-0.39, 0.29) is 5.03 Å². The van der Waals surface area contributed by atoms with Gasteiger partial charge in [-0.2, -0.15) is 13.5 Å². The van der Waals surface area contributed by atoms with Crippen LogP contribution in [-0.2, 0) is 17.1 Å². The smallest absolute Gasteiger partial charge is 0.281 e. The molecule has 0 spiro atoms. The van der Waals surface area contributed by atoms with E-state index in [0.29, 0.717) is 18.8 Å². The topological polar surface area (TPSA) is 67.2 Å². The third-order valence-electron chi connectivity index (χ3n) is 3.13. The van der Waals surface area contributed by atoms with Crippen molar-refractivity contribution in [3.05, 3.63) is 36.5 Å². The Bertz CT molecular complexity index is 708. The maximum atomic E-state index is 12.7. The Hall–Kier alpha value is -2.02. The van der Waals surface area contributed by atoms with Crippen LogP contribution >= 0.6 is 0 Å². The molecule has 100 valence electrons. The fourth-order valence-corrected chi connectivity index (χ4v) is 3.82. The first-order valence-corrected chi connectivity index (χ1v) is 7.38. The van der Waals surface area contributed by atoms with Crippen LogP contribution in [0.2, 0.25) is 0 Å². The third-order valence-corrected chi connectivity index (χ3v) is 5.02. The molecule has 0 fully saturated rings. The van der Waals surface area contributed by atoms with Crippen molar-refractivity contribution in [1.82, 2.24) is 9.78 Å². The van der Waals surface area contributed by atoms with Gasteiger partial charge in [-0.25, -0.2) is 0 Å². The zero-order valence-electron chi connectivity index (χ0n) is 10.4. The average Bonchev–Trinajstić information content (AvgIpc) is 2.85. The summed E-state index contributed by atoms with van der Waals surface area (Å²) >= 11 is 0. The van der Waals surface area contributed by atoms with E-state index in [0.717, 1.165) is 5.69 Å². The van der Waals surface area contributed by atoms with Gasteiger partial charge in [-0.15, -0.1) is 0 Å².